The second-order valence-corrected chi connectivity index (χ2v) is 9.29. The Hall–Kier alpha value is -2.52. The Balaban J connectivity index is 1.26. The van der Waals surface area contributed by atoms with E-state index in [4.69, 9.17) is 16.6 Å². The van der Waals surface area contributed by atoms with Crippen molar-refractivity contribution >= 4 is 40.7 Å². The molecule has 2 aliphatic rings. The van der Waals surface area contributed by atoms with Gasteiger partial charge in [0.25, 0.3) is 0 Å². The van der Waals surface area contributed by atoms with E-state index in [1.54, 1.807) is 6.20 Å². The predicted octanol–water partition coefficient (Wildman–Crippen LogP) is 2.74. The predicted molar refractivity (Wildman–Crippen MR) is 143 cm³/mol. The number of anilines is 1. The molecule has 2 fully saturated rings. The number of rotatable bonds is 8. The zero-order valence-electron chi connectivity index (χ0n) is 20.0. The lowest BCUT2D eigenvalue weighted by Crippen LogP contribution is -2.49. The summed E-state index contributed by atoms with van der Waals surface area (Å²) in [5, 5.41) is 5.38. The van der Waals surface area contributed by atoms with Gasteiger partial charge in [-0.1, -0.05) is 11.6 Å². The van der Waals surface area contributed by atoms with Crippen molar-refractivity contribution in [2.24, 2.45) is 9.98 Å². The topological polar surface area (TPSA) is 62.6 Å². The molecule has 1 aromatic heterocycles. The van der Waals surface area contributed by atoms with Crippen LogP contribution in [0.3, 0.4) is 0 Å². The molecule has 2 aromatic rings. The first kappa shape index (κ1) is 24.6. The summed E-state index contributed by atoms with van der Waals surface area (Å²) in [4.78, 5) is 22.9. The number of aliphatic imine (C=N–C) groups is 2. The van der Waals surface area contributed by atoms with Gasteiger partial charge in [-0.15, -0.1) is 0 Å². The van der Waals surface area contributed by atoms with Gasteiger partial charge in [0.2, 0.25) is 0 Å². The van der Waals surface area contributed by atoms with Crippen LogP contribution in [0.15, 0.2) is 52.7 Å². The fourth-order valence-corrected chi connectivity index (χ4v) is 4.53. The van der Waals surface area contributed by atoms with Gasteiger partial charge in [-0.3, -0.25) is 24.8 Å². The quantitative estimate of drug-likeness (QED) is 0.461. The zero-order valence-corrected chi connectivity index (χ0v) is 20.8. The van der Waals surface area contributed by atoms with E-state index in [-0.39, 0.29) is 0 Å². The highest BCUT2D eigenvalue weighted by Gasteiger charge is 2.19. The number of nitrogens with zero attached hydrogens (tertiary/aromatic N) is 7. The molecule has 9 heteroatoms. The minimum Gasteiger partial charge on any atom is -0.383 e. The van der Waals surface area contributed by atoms with Crippen molar-refractivity contribution in [2.45, 2.75) is 0 Å². The molecule has 0 radical (unpaired) electrons. The highest BCUT2D eigenvalue weighted by Crippen LogP contribution is 2.24. The number of hydrogen-bond acceptors (Lipinski definition) is 7. The van der Waals surface area contributed by atoms with E-state index >= 15 is 0 Å². The summed E-state index contributed by atoms with van der Waals surface area (Å²) in [6.07, 6.45) is 5.56. The molecule has 1 aromatic carbocycles. The molecule has 2 aliphatic heterocycles. The monoisotopic (exact) mass is 482 g/mol. The SMILES string of the molecule is C=N/C=C\C(=N/CN1CCN(C)CC1)N1CCN(CCNc2ccnc3cc(Cl)ccc23)CC1. The molecule has 8 nitrogen and oxygen atoms in total. The van der Waals surface area contributed by atoms with E-state index in [1.807, 2.05) is 36.5 Å². The van der Waals surface area contributed by atoms with Crippen molar-refractivity contribution in [2.75, 3.05) is 84.5 Å². The van der Waals surface area contributed by atoms with Crippen LogP contribution in [0.2, 0.25) is 5.02 Å². The standard InChI is InChI=1S/C25H35ClN8/c1-27-7-6-25(30-20-33-13-11-31(2)12-14-33)34-17-15-32(16-18-34)10-9-29-23-5-8-28-24-19-21(26)3-4-22(23)24/h3-8,19H,1,9-18,20H2,2H3,(H,28,29)/b7-6-,30-25+. The van der Waals surface area contributed by atoms with E-state index in [2.05, 4.69) is 48.7 Å². The van der Waals surface area contributed by atoms with Crippen molar-refractivity contribution in [3.63, 3.8) is 0 Å². The number of pyridine rings is 1. The van der Waals surface area contributed by atoms with E-state index in [9.17, 15) is 0 Å². The van der Waals surface area contributed by atoms with Crippen LogP contribution in [0.25, 0.3) is 10.9 Å². The van der Waals surface area contributed by atoms with Crippen molar-refractivity contribution in [1.29, 1.82) is 0 Å². The molecule has 2 saturated heterocycles. The maximum atomic E-state index is 6.11. The van der Waals surface area contributed by atoms with Crippen LogP contribution < -0.4 is 5.32 Å². The van der Waals surface area contributed by atoms with Crippen LogP contribution in [0.5, 0.6) is 0 Å². The normalized spacial score (nSPS) is 19.2. The highest BCUT2D eigenvalue weighted by molar-refractivity contribution is 6.31. The summed E-state index contributed by atoms with van der Waals surface area (Å²) >= 11 is 6.11. The second-order valence-electron chi connectivity index (χ2n) is 8.85. The molecule has 0 saturated carbocycles. The van der Waals surface area contributed by atoms with Gasteiger partial charge in [-0.2, -0.15) is 0 Å². The third-order valence-electron chi connectivity index (χ3n) is 6.50. The highest BCUT2D eigenvalue weighted by atomic mass is 35.5. The number of benzene rings is 1. The van der Waals surface area contributed by atoms with Gasteiger partial charge in [0.15, 0.2) is 0 Å². The van der Waals surface area contributed by atoms with Gasteiger partial charge in [0, 0.05) is 93.9 Å². The molecule has 3 heterocycles. The average Bonchev–Trinajstić information content (AvgIpc) is 2.85. The summed E-state index contributed by atoms with van der Waals surface area (Å²) in [6, 6.07) is 7.87. The Morgan fingerprint density at radius 2 is 1.85 bits per heavy atom. The van der Waals surface area contributed by atoms with E-state index in [1.165, 1.54) is 0 Å². The fourth-order valence-electron chi connectivity index (χ4n) is 4.36. The number of piperazine rings is 2. The van der Waals surface area contributed by atoms with E-state index in [0.29, 0.717) is 5.02 Å². The van der Waals surface area contributed by atoms with Gasteiger partial charge >= 0.3 is 0 Å². The van der Waals surface area contributed by atoms with Crippen molar-refractivity contribution in [3.05, 3.63) is 47.8 Å². The minimum atomic E-state index is 0.708. The molecule has 4 rings (SSSR count). The number of aromatic nitrogens is 1. The van der Waals surface area contributed by atoms with E-state index < -0.39 is 0 Å². The minimum absolute atomic E-state index is 0.708. The van der Waals surface area contributed by atoms with Crippen molar-refractivity contribution in [1.82, 2.24) is 24.6 Å². The number of hydrogen-bond donors (Lipinski definition) is 1. The molecular weight excluding hydrogens is 448 g/mol. The van der Waals surface area contributed by atoms with Crippen molar-refractivity contribution in [3.8, 4) is 0 Å². The summed E-state index contributed by atoms with van der Waals surface area (Å²) < 4.78 is 0. The van der Waals surface area contributed by atoms with E-state index in [0.717, 1.165) is 94.5 Å². The van der Waals surface area contributed by atoms with Crippen LogP contribution in [-0.4, -0.2) is 116 Å². The van der Waals surface area contributed by atoms with Crippen molar-refractivity contribution < 1.29 is 0 Å². The first-order chi connectivity index (χ1) is 16.6. The molecule has 0 bridgehead atoms. The Bertz CT molecular complexity index is 1010. The number of likely N-dealkylation sites (N-methyl/N-ethyl adjacent to an activating group) is 1. The Morgan fingerprint density at radius 3 is 2.62 bits per heavy atom. The summed E-state index contributed by atoms with van der Waals surface area (Å²) in [6.45, 7) is 14.5. The Morgan fingerprint density at radius 1 is 1.09 bits per heavy atom. The molecule has 34 heavy (non-hydrogen) atoms. The molecule has 0 atom stereocenters. The number of amidine groups is 1. The third kappa shape index (κ3) is 6.76. The summed E-state index contributed by atoms with van der Waals surface area (Å²) in [7, 11) is 2.18. The Kier molecular flexibility index (Phi) is 8.87. The smallest absolute Gasteiger partial charge is 0.126 e. The second kappa shape index (κ2) is 12.3. The summed E-state index contributed by atoms with van der Waals surface area (Å²) in [5.74, 6) is 1.01. The van der Waals surface area contributed by atoms with Gasteiger partial charge < -0.3 is 15.1 Å². The number of fused-ring (bicyclic) bond motifs is 1. The molecule has 0 aliphatic carbocycles. The van der Waals surface area contributed by atoms with Crippen LogP contribution in [-0.2, 0) is 0 Å². The van der Waals surface area contributed by atoms with Gasteiger partial charge in [0.1, 0.15) is 5.84 Å². The lowest BCUT2D eigenvalue weighted by atomic mass is 10.2. The first-order valence-corrected chi connectivity index (χ1v) is 12.3. The maximum Gasteiger partial charge on any atom is 0.126 e. The van der Waals surface area contributed by atoms with Crippen LogP contribution in [0.1, 0.15) is 0 Å². The molecule has 0 amide bonds. The zero-order chi connectivity index (χ0) is 23.8. The Labute approximate surface area is 207 Å². The largest absolute Gasteiger partial charge is 0.383 e. The third-order valence-corrected chi connectivity index (χ3v) is 6.74. The molecule has 0 unspecified atom stereocenters. The molecular formula is C25H35ClN8. The lowest BCUT2D eigenvalue weighted by Gasteiger charge is -2.36. The molecule has 182 valence electrons. The lowest BCUT2D eigenvalue weighted by molar-refractivity contribution is 0.156. The average molecular weight is 483 g/mol. The number of halogens is 1. The molecule has 1 N–H and O–H groups in total. The van der Waals surface area contributed by atoms with Crippen LogP contribution in [0, 0.1) is 0 Å². The van der Waals surface area contributed by atoms with Crippen LogP contribution >= 0.6 is 11.6 Å². The van der Waals surface area contributed by atoms with Gasteiger partial charge in [-0.05, 0) is 44.1 Å². The molecule has 0 spiro atoms. The van der Waals surface area contributed by atoms with Gasteiger partial charge in [-0.25, -0.2) is 0 Å². The summed E-state index contributed by atoms with van der Waals surface area (Å²) in [5.41, 5.74) is 2.01. The first-order valence-electron chi connectivity index (χ1n) is 12.0. The maximum absolute atomic E-state index is 6.11. The fraction of sp³-hybridized carbons (Fsp3) is 0.480. The van der Waals surface area contributed by atoms with Crippen LogP contribution in [0.4, 0.5) is 5.69 Å². The van der Waals surface area contributed by atoms with Gasteiger partial charge in [0.05, 0.1) is 12.2 Å². The number of nitrogens with one attached hydrogen (secondary N) is 1.